The average Bonchev–Trinajstić information content (AvgIpc) is 3.08. The molecule has 0 aromatic carbocycles. The summed E-state index contributed by atoms with van der Waals surface area (Å²) in [6.07, 6.45) is 3.19. The van der Waals surface area contributed by atoms with Crippen molar-refractivity contribution in [1.29, 1.82) is 5.26 Å². The molecule has 6 heteroatoms. The van der Waals surface area contributed by atoms with Crippen molar-refractivity contribution in [3.05, 3.63) is 23.7 Å². The number of carbonyl (C=O) groups excluding carboxylic acids is 2. The van der Waals surface area contributed by atoms with Gasteiger partial charge in [-0.2, -0.15) is 5.26 Å². The first-order valence-electron chi connectivity index (χ1n) is 6.50. The standard InChI is InChI=1S/C14H16N2O4/c1-9-11(4-6-19-9)13(17)12(7-15)14(18)16-8-10-3-2-5-20-10/h4,6,10,12H,2-3,5,8H2,1H3,(H,16,18)/t10-,12-/m0/s1. The molecule has 1 aliphatic rings. The lowest BCUT2D eigenvalue weighted by molar-refractivity contribution is -0.122. The van der Waals surface area contributed by atoms with Gasteiger partial charge in [0, 0.05) is 13.2 Å². The van der Waals surface area contributed by atoms with Crippen LogP contribution in [0.5, 0.6) is 0 Å². The molecule has 1 amide bonds. The third-order valence-electron chi connectivity index (χ3n) is 3.31. The molecule has 0 aliphatic carbocycles. The number of hydrogen-bond donors (Lipinski definition) is 1. The van der Waals surface area contributed by atoms with Crippen LogP contribution in [0, 0.1) is 24.2 Å². The smallest absolute Gasteiger partial charge is 0.245 e. The number of nitrogens with zero attached hydrogens (tertiary/aromatic N) is 1. The summed E-state index contributed by atoms with van der Waals surface area (Å²) in [5.41, 5.74) is 0.267. The fourth-order valence-electron chi connectivity index (χ4n) is 2.15. The van der Waals surface area contributed by atoms with Gasteiger partial charge in [0.15, 0.2) is 11.7 Å². The van der Waals surface area contributed by atoms with Crippen molar-refractivity contribution in [1.82, 2.24) is 5.32 Å². The van der Waals surface area contributed by atoms with Crippen LogP contribution in [0.1, 0.15) is 29.0 Å². The van der Waals surface area contributed by atoms with Gasteiger partial charge in [0.1, 0.15) is 5.76 Å². The topological polar surface area (TPSA) is 92.3 Å². The van der Waals surface area contributed by atoms with Crippen molar-refractivity contribution >= 4 is 11.7 Å². The zero-order valence-electron chi connectivity index (χ0n) is 11.2. The molecule has 2 atom stereocenters. The van der Waals surface area contributed by atoms with Gasteiger partial charge in [-0.05, 0) is 25.8 Å². The molecule has 1 aromatic rings. The lowest BCUT2D eigenvalue weighted by Gasteiger charge is -2.12. The van der Waals surface area contributed by atoms with E-state index in [2.05, 4.69) is 5.32 Å². The summed E-state index contributed by atoms with van der Waals surface area (Å²) in [5.74, 6) is -2.08. The first-order valence-corrected chi connectivity index (χ1v) is 6.50. The molecule has 20 heavy (non-hydrogen) atoms. The van der Waals surface area contributed by atoms with E-state index in [0.717, 1.165) is 12.8 Å². The first-order chi connectivity index (χ1) is 9.63. The molecule has 1 fully saturated rings. The van der Waals surface area contributed by atoms with E-state index in [9.17, 15) is 9.59 Å². The summed E-state index contributed by atoms with van der Waals surface area (Å²) in [6.45, 7) is 2.63. The maximum atomic E-state index is 12.1. The third-order valence-corrected chi connectivity index (χ3v) is 3.31. The minimum atomic E-state index is -1.35. The number of ether oxygens (including phenoxy) is 1. The highest BCUT2D eigenvalue weighted by atomic mass is 16.5. The Hall–Kier alpha value is -2.13. The molecule has 2 heterocycles. The van der Waals surface area contributed by atoms with E-state index < -0.39 is 17.6 Å². The SMILES string of the molecule is Cc1occc1C(=O)[C@H](C#N)C(=O)NC[C@@H]1CCCO1. The lowest BCUT2D eigenvalue weighted by atomic mass is 9.98. The number of furan rings is 1. The molecule has 0 radical (unpaired) electrons. The summed E-state index contributed by atoms with van der Waals surface area (Å²) >= 11 is 0. The molecule has 0 spiro atoms. The number of rotatable bonds is 5. The van der Waals surface area contributed by atoms with E-state index >= 15 is 0 Å². The lowest BCUT2D eigenvalue weighted by Crippen LogP contribution is -2.38. The molecule has 0 saturated carbocycles. The molecular formula is C14H16N2O4. The zero-order chi connectivity index (χ0) is 14.5. The van der Waals surface area contributed by atoms with Crippen molar-refractivity contribution in [2.24, 2.45) is 5.92 Å². The summed E-state index contributed by atoms with van der Waals surface area (Å²) in [5, 5.41) is 11.7. The Bertz CT molecular complexity index is 538. The summed E-state index contributed by atoms with van der Waals surface area (Å²) < 4.78 is 10.4. The van der Waals surface area contributed by atoms with Crippen LogP contribution >= 0.6 is 0 Å². The second-order valence-corrected chi connectivity index (χ2v) is 4.70. The van der Waals surface area contributed by atoms with Crippen LogP contribution in [0.25, 0.3) is 0 Å². The Morgan fingerprint density at radius 3 is 2.95 bits per heavy atom. The van der Waals surface area contributed by atoms with Crippen LogP contribution in [0.3, 0.4) is 0 Å². The van der Waals surface area contributed by atoms with Crippen molar-refractivity contribution in [2.75, 3.05) is 13.2 Å². The third kappa shape index (κ3) is 3.06. The second kappa shape index (κ2) is 6.35. The van der Waals surface area contributed by atoms with Gasteiger partial charge in [-0.15, -0.1) is 0 Å². The Labute approximate surface area is 116 Å². The normalized spacial score (nSPS) is 19.3. The van der Waals surface area contributed by atoms with Crippen LogP contribution in [-0.2, 0) is 9.53 Å². The van der Waals surface area contributed by atoms with E-state index in [1.54, 1.807) is 13.0 Å². The molecule has 2 rings (SSSR count). The van der Waals surface area contributed by atoms with Crippen LogP contribution in [0.2, 0.25) is 0 Å². The zero-order valence-corrected chi connectivity index (χ0v) is 11.2. The molecule has 1 N–H and O–H groups in total. The minimum absolute atomic E-state index is 0.0240. The molecule has 106 valence electrons. The molecule has 0 bridgehead atoms. The number of carbonyl (C=O) groups is 2. The number of nitriles is 1. The van der Waals surface area contributed by atoms with Gasteiger partial charge >= 0.3 is 0 Å². The maximum absolute atomic E-state index is 12.1. The van der Waals surface area contributed by atoms with Gasteiger partial charge in [0.25, 0.3) is 0 Å². The Kier molecular flexibility index (Phi) is 4.53. The van der Waals surface area contributed by atoms with Gasteiger partial charge in [-0.3, -0.25) is 9.59 Å². The number of aryl methyl sites for hydroxylation is 1. The van der Waals surface area contributed by atoms with Gasteiger partial charge in [-0.1, -0.05) is 0 Å². The number of nitrogens with one attached hydrogen (secondary N) is 1. The van der Waals surface area contributed by atoms with Crippen LogP contribution < -0.4 is 5.32 Å². The molecule has 1 saturated heterocycles. The van der Waals surface area contributed by atoms with E-state index in [-0.39, 0.29) is 11.7 Å². The Balaban J connectivity index is 1.97. The monoisotopic (exact) mass is 276 g/mol. The average molecular weight is 276 g/mol. The van der Waals surface area contributed by atoms with E-state index in [1.807, 2.05) is 0 Å². The molecule has 6 nitrogen and oxygen atoms in total. The van der Waals surface area contributed by atoms with Crippen LogP contribution in [0.15, 0.2) is 16.7 Å². The highest BCUT2D eigenvalue weighted by Gasteiger charge is 2.30. The van der Waals surface area contributed by atoms with Crippen molar-refractivity contribution in [3.63, 3.8) is 0 Å². The van der Waals surface area contributed by atoms with Crippen molar-refractivity contribution in [2.45, 2.75) is 25.9 Å². The predicted molar refractivity (Wildman–Crippen MR) is 68.9 cm³/mol. The molecule has 1 aliphatic heterocycles. The van der Waals surface area contributed by atoms with E-state index in [0.29, 0.717) is 18.9 Å². The molecular weight excluding hydrogens is 260 g/mol. The fourth-order valence-corrected chi connectivity index (χ4v) is 2.15. The van der Waals surface area contributed by atoms with Crippen molar-refractivity contribution < 1.29 is 18.7 Å². The summed E-state index contributed by atoms with van der Waals surface area (Å²) in [7, 11) is 0. The number of amides is 1. The highest BCUT2D eigenvalue weighted by molar-refractivity contribution is 6.12. The van der Waals surface area contributed by atoms with E-state index in [1.165, 1.54) is 12.3 Å². The number of Topliss-reactive ketones (excluding diaryl/α,β-unsaturated/α-hetero) is 1. The van der Waals surface area contributed by atoms with Gasteiger partial charge in [-0.25, -0.2) is 0 Å². The summed E-state index contributed by atoms with van der Waals surface area (Å²) in [6, 6.07) is 3.22. The van der Waals surface area contributed by atoms with Gasteiger partial charge in [0.05, 0.1) is 24.0 Å². The Morgan fingerprint density at radius 2 is 2.40 bits per heavy atom. The molecule has 1 aromatic heterocycles. The minimum Gasteiger partial charge on any atom is -0.469 e. The quantitative estimate of drug-likeness (QED) is 0.644. The predicted octanol–water partition coefficient (Wildman–Crippen LogP) is 1.21. The Morgan fingerprint density at radius 1 is 1.60 bits per heavy atom. The summed E-state index contributed by atoms with van der Waals surface area (Å²) in [4.78, 5) is 24.1. The van der Waals surface area contributed by atoms with Crippen LogP contribution in [-0.4, -0.2) is 30.9 Å². The van der Waals surface area contributed by atoms with Gasteiger partial charge < -0.3 is 14.5 Å². The number of ketones is 1. The highest BCUT2D eigenvalue weighted by Crippen LogP contribution is 2.15. The van der Waals surface area contributed by atoms with Crippen LogP contribution in [0.4, 0.5) is 0 Å². The van der Waals surface area contributed by atoms with Crippen molar-refractivity contribution in [3.8, 4) is 6.07 Å². The van der Waals surface area contributed by atoms with E-state index in [4.69, 9.17) is 14.4 Å². The second-order valence-electron chi connectivity index (χ2n) is 4.70. The van der Waals surface area contributed by atoms with Gasteiger partial charge in [0.2, 0.25) is 5.91 Å². The first kappa shape index (κ1) is 14.3. The molecule has 0 unspecified atom stereocenters. The number of hydrogen-bond acceptors (Lipinski definition) is 5. The fraction of sp³-hybridized carbons (Fsp3) is 0.500. The largest absolute Gasteiger partial charge is 0.469 e. The maximum Gasteiger partial charge on any atom is 0.245 e.